The van der Waals surface area contributed by atoms with E-state index in [1.807, 2.05) is 17.0 Å². The summed E-state index contributed by atoms with van der Waals surface area (Å²) in [5.41, 5.74) is 2.37. The maximum Gasteiger partial charge on any atom is 0.0736 e. The predicted octanol–water partition coefficient (Wildman–Crippen LogP) is 2.81. The summed E-state index contributed by atoms with van der Waals surface area (Å²) in [7, 11) is 0. The summed E-state index contributed by atoms with van der Waals surface area (Å²) in [6.07, 6.45) is 0. The lowest BCUT2D eigenvalue weighted by Crippen LogP contribution is -2.38. The van der Waals surface area contributed by atoms with Gasteiger partial charge in [-0.2, -0.15) is 0 Å². The number of carboxylic acid groups (broad SMARTS) is 1. The van der Waals surface area contributed by atoms with Gasteiger partial charge >= 0.3 is 0 Å². The van der Waals surface area contributed by atoms with Gasteiger partial charge in [-0.15, -0.1) is 0 Å². The minimum atomic E-state index is -1.20. The lowest BCUT2D eigenvalue weighted by molar-refractivity contribution is -0.254. The topological polar surface area (TPSA) is 64.6 Å². The van der Waals surface area contributed by atoms with Crippen LogP contribution in [0.3, 0.4) is 0 Å². The summed E-state index contributed by atoms with van der Waals surface area (Å²) < 4.78 is 5.31. The van der Waals surface area contributed by atoms with E-state index in [9.17, 15) is 9.90 Å². The molecule has 1 aliphatic rings. The Morgan fingerprint density at radius 2 is 1.92 bits per heavy atom. The number of aromatic carboxylic acids is 1. The SMILES string of the molecule is O=C([O-])c1cc(NCc2ccc(Cl)cc2Cl)ccc1N1CCOCC1. The highest BCUT2D eigenvalue weighted by Gasteiger charge is 2.16. The van der Waals surface area contributed by atoms with Gasteiger partial charge in [-0.3, -0.25) is 0 Å². The molecule has 0 amide bonds. The zero-order valence-corrected chi connectivity index (χ0v) is 14.9. The van der Waals surface area contributed by atoms with E-state index in [4.69, 9.17) is 27.9 Å². The van der Waals surface area contributed by atoms with Crippen molar-refractivity contribution in [2.75, 3.05) is 36.5 Å². The van der Waals surface area contributed by atoms with Gasteiger partial charge in [-0.1, -0.05) is 29.3 Å². The van der Waals surface area contributed by atoms with E-state index >= 15 is 0 Å². The van der Waals surface area contributed by atoms with Crippen LogP contribution in [-0.2, 0) is 11.3 Å². The molecule has 0 spiro atoms. The molecule has 3 rings (SSSR count). The van der Waals surface area contributed by atoms with Gasteiger partial charge in [0.2, 0.25) is 0 Å². The first-order valence-corrected chi connectivity index (χ1v) is 8.66. The Hall–Kier alpha value is -1.95. The van der Waals surface area contributed by atoms with Gasteiger partial charge in [-0.25, -0.2) is 0 Å². The standard InChI is InChI=1S/C18H18Cl2N2O3/c19-13-2-1-12(16(20)9-13)11-21-14-3-4-17(15(10-14)18(23)24)22-5-7-25-8-6-22/h1-4,9-10,21H,5-8,11H2,(H,23,24)/p-1. The predicted molar refractivity (Wildman–Crippen MR) is 97.6 cm³/mol. The molecule has 1 aliphatic heterocycles. The molecule has 1 N–H and O–H groups in total. The molecule has 0 saturated carbocycles. The fraction of sp³-hybridized carbons (Fsp3) is 0.278. The molecule has 25 heavy (non-hydrogen) atoms. The van der Waals surface area contributed by atoms with E-state index in [0.29, 0.717) is 54.3 Å². The molecule has 2 aromatic carbocycles. The molecular weight excluding hydrogens is 363 g/mol. The molecule has 0 radical (unpaired) electrons. The van der Waals surface area contributed by atoms with Gasteiger partial charge in [-0.05, 0) is 35.9 Å². The molecule has 1 heterocycles. The number of halogens is 2. The normalized spacial score (nSPS) is 14.4. The smallest absolute Gasteiger partial charge is 0.0736 e. The molecule has 7 heteroatoms. The van der Waals surface area contributed by atoms with Crippen LogP contribution in [0, 0.1) is 0 Å². The molecule has 5 nitrogen and oxygen atoms in total. The molecule has 1 saturated heterocycles. The third-order valence-corrected chi connectivity index (χ3v) is 4.65. The first-order chi connectivity index (χ1) is 12.0. The van der Waals surface area contributed by atoms with Crippen molar-refractivity contribution in [3.8, 4) is 0 Å². The van der Waals surface area contributed by atoms with Crippen molar-refractivity contribution in [1.29, 1.82) is 0 Å². The van der Waals surface area contributed by atoms with Crippen LogP contribution in [0.15, 0.2) is 36.4 Å². The minimum Gasteiger partial charge on any atom is -0.545 e. The van der Waals surface area contributed by atoms with Crippen molar-refractivity contribution in [2.45, 2.75) is 6.54 Å². The quantitative estimate of drug-likeness (QED) is 0.864. The van der Waals surface area contributed by atoms with Crippen LogP contribution < -0.4 is 15.3 Å². The maximum atomic E-state index is 11.5. The summed E-state index contributed by atoms with van der Waals surface area (Å²) >= 11 is 12.0. The average molecular weight is 380 g/mol. The van der Waals surface area contributed by atoms with Crippen molar-refractivity contribution in [1.82, 2.24) is 0 Å². The van der Waals surface area contributed by atoms with Gasteiger partial charge in [0.15, 0.2) is 0 Å². The van der Waals surface area contributed by atoms with Gasteiger partial charge < -0.3 is 24.9 Å². The zero-order valence-electron chi connectivity index (χ0n) is 13.4. The van der Waals surface area contributed by atoms with Crippen molar-refractivity contribution in [2.24, 2.45) is 0 Å². The lowest BCUT2D eigenvalue weighted by Gasteiger charge is -2.31. The highest BCUT2D eigenvalue weighted by Crippen LogP contribution is 2.26. The van der Waals surface area contributed by atoms with Crippen LogP contribution in [0.1, 0.15) is 15.9 Å². The molecule has 0 unspecified atom stereocenters. The van der Waals surface area contributed by atoms with E-state index in [0.717, 1.165) is 5.56 Å². The number of carboxylic acids is 1. The Kier molecular flexibility index (Phi) is 5.68. The number of benzene rings is 2. The number of rotatable bonds is 5. The number of anilines is 2. The molecule has 0 aliphatic carbocycles. The Bertz CT molecular complexity index is 777. The highest BCUT2D eigenvalue weighted by molar-refractivity contribution is 6.35. The molecule has 2 aromatic rings. The maximum absolute atomic E-state index is 11.5. The van der Waals surface area contributed by atoms with E-state index in [1.54, 1.807) is 24.3 Å². The Labute approximate surface area is 156 Å². The fourth-order valence-corrected chi connectivity index (χ4v) is 3.23. The van der Waals surface area contributed by atoms with Crippen molar-refractivity contribution >= 4 is 40.5 Å². The van der Waals surface area contributed by atoms with Crippen LogP contribution in [0.2, 0.25) is 10.0 Å². The van der Waals surface area contributed by atoms with Crippen LogP contribution in [0.4, 0.5) is 11.4 Å². The third-order valence-electron chi connectivity index (χ3n) is 4.07. The van der Waals surface area contributed by atoms with E-state index in [2.05, 4.69) is 5.32 Å². The van der Waals surface area contributed by atoms with Crippen LogP contribution >= 0.6 is 23.2 Å². The second-order valence-electron chi connectivity index (χ2n) is 5.71. The number of ether oxygens (including phenoxy) is 1. The first-order valence-electron chi connectivity index (χ1n) is 7.90. The number of carbonyl (C=O) groups excluding carboxylic acids is 1. The molecule has 0 aromatic heterocycles. The third kappa shape index (κ3) is 4.37. The molecular formula is C18H17Cl2N2O3-. The lowest BCUT2D eigenvalue weighted by atomic mass is 10.1. The van der Waals surface area contributed by atoms with Crippen molar-refractivity contribution in [3.05, 3.63) is 57.6 Å². The summed E-state index contributed by atoms with van der Waals surface area (Å²) in [5, 5.41) is 15.9. The van der Waals surface area contributed by atoms with E-state index in [-0.39, 0.29) is 5.56 Å². The molecule has 0 bridgehead atoms. The second kappa shape index (κ2) is 7.95. The minimum absolute atomic E-state index is 0.161. The van der Waals surface area contributed by atoms with Crippen molar-refractivity contribution in [3.63, 3.8) is 0 Å². The van der Waals surface area contributed by atoms with Crippen LogP contribution in [0.25, 0.3) is 0 Å². The van der Waals surface area contributed by atoms with Crippen LogP contribution in [-0.4, -0.2) is 32.3 Å². The number of nitrogens with zero attached hydrogens (tertiary/aromatic N) is 1. The first kappa shape index (κ1) is 17.9. The number of nitrogens with one attached hydrogen (secondary N) is 1. The average Bonchev–Trinajstić information content (AvgIpc) is 2.61. The number of morpholine rings is 1. The van der Waals surface area contributed by atoms with Crippen LogP contribution in [0.5, 0.6) is 0 Å². The second-order valence-corrected chi connectivity index (χ2v) is 6.55. The number of hydrogen-bond donors (Lipinski definition) is 1. The summed E-state index contributed by atoms with van der Waals surface area (Å²) in [6, 6.07) is 10.5. The highest BCUT2D eigenvalue weighted by atomic mass is 35.5. The Morgan fingerprint density at radius 1 is 1.16 bits per heavy atom. The monoisotopic (exact) mass is 379 g/mol. The zero-order chi connectivity index (χ0) is 17.8. The summed E-state index contributed by atoms with van der Waals surface area (Å²) in [5.74, 6) is -1.20. The Morgan fingerprint density at radius 3 is 2.60 bits per heavy atom. The van der Waals surface area contributed by atoms with E-state index in [1.165, 1.54) is 0 Å². The largest absolute Gasteiger partial charge is 0.545 e. The molecule has 0 atom stereocenters. The van der Waals surface area contributed by atoms with Gasteiger partial charge in [0.1, 0.15) is 0 Å². The van der Waals surface area contributed by atoms with Gasteiger partial charge in [0.25, 0.3) is 0 Å². The van der Waals surface area contributed by atoms with Crippen molar-refractivity contribution < 1.29 is 14.6 Å². The Balaban J connectivity index is 1.78. The molecule has 132 valence electrons. The molecule has 1 fully saturated rings. The summed E-state index contributed by atoms with van der Waals surface area (Å²) in [6.45, 7) is 2.95. The van der Waals surface area contributed by atoms with Gasteiger partial charge in [0.05, 0.1) is 19.2 Å². The summed E-state index contributed by atoms with van der Waals surface area (Å²) in [4.78, 5) is 13.5. The number of carbonyl (C=O) groups is 1. The fourth-order valence-electron chi connectivity index (χ4n) is 2.75. The number of hydrogen-bond acceptors (Lipinski definition) is 5. The van der Waals surface area contributed by atoms with E-state index < -0.39 is 5.97 Å². The van der Waals surface area contributed by atoms with Gasteiger partial charge in [0, 0.05) is 46.6 Å².